The summed E-state index contributed by atoms with van der Waals surface area (Å²) in [4.78, 5) is 17.1. The lowest BCUT2D eigenvalue weighted by Gasteiger charge is -2.26. The average Bonchev–Trinajstić information content (AvgIpc) is 3.47. The lowest BCUT2D eigenvalue weighted by molar-refractivity contribution is -0.133. The number of carbonyl (C=O) groups is 1. The molecule has 0 N–H and O–H groups in total. The summed E-state index contributed by atoms with van der Waals surface area (Å²) < 4.78 is 5.22. The third kappa shape index (κ3) is 5.33. The van der Waals surface area contributed by atoms with E-state index in [2.05, 4.69) is 36.9 Å². The third-order valence-corrected chi connectivity index (χ3v) is 5.16. The molecule has 4 nitrogen and oxygen atoms in total. The van der Waals surface area contributed by atoms with Crippen LogP contribution >= 0.6 is 0 Å². The highest BCUT2D eigenvalue weighted by Gasteiger charge is 2.32. The Morgan fingerprint density at radius 3 is 2.37 bits per heavy atom. The van der Waals surface area contributed by atoms with Crippen molar-refractivity contribution in [1.29, 1.82) is 0 Å². The Morgan fingerprint density at radius 2 is 1.78 bits per heavy atom. The third-order valence-electron chi connectivity index (χ3n) is 5.16. The van der Waals surface area contributed by atoms with Crippen molar-refractivity contribution in [1.82, 2.24) is 9.80 Å². The lowest BCUT2D eigenvalue weighted by atomic mass is 10.1. The Morgan fingerprint density at radius 1 is 1.07 bits per heavy atom. The molecular weight excluding hydrogens is 336 g/mol. The SMILES string of the molecule is COc1ccc(CN(C(=O)CN(C)Cc2ccc(C)cc2C)C2CC2)cc1. The molecule has 3 rings (SSSR count). The second-order valence-electron chi connectivity index (χ2n) is 7.70. The highest BCUT2D eigenvalue weighted by atomic mass is 16.5. The van der Waals surface area contributed by atoms with Crippen LogP contribution in [0.4, 0.5) is 0 Å². The maximum absolute atomic E-state index is 13.0. The Balaban J connectivity index is 1.60. The second-order valence-corrected chi connectivity index (χ2v) is 7.70. The first-order valence-corrected chi connectivity index (χ1v) is 9.63. The summed E-state index contributed by atoms with van der Waals surface area (Å²) in [5.74, 6) is 1.05. The lowest BCUT2D eigenvalue weighted by Crippen LogP contribution is -2.39. The maximum Gasteiger partial charge on any atom is 0.237 e. The van der Waals surface area contributed by atoms with E-state index in [0.29, 0.717) is 19.1 Å². The highest BCUT2D eigenvalue weighted by molar-refractivity contribution is 5.79. The largest absolute Gasteiger partial charge is 0.497 e. The first kappa shape index (κ1) is 19.4. The van der Waals surface area contributed by atoms with Gasteiger partial charge in [-0.05, 0) is 62.6 Å². The van der Waals surface area contributed by atoms with Crippen LogP contribution in [0.5, 0.6) is 5.75 Å². The van der Waals surface area contributed by atoms with Crippen molar-refractivity contribution in [2.45, 2.75) is 45.8 Å². The molecule has 0 aromatic heterocycles. The van der Waals surface area contributed by atoms with Crippen molar-refractivity contribution in [2.75, 3.05) is 20.7 Å². The van der Waals surface area contributed by atoms with Crippen LogP contribution in [-0.4, -0.2) is 42.5 Å². The van der Waals surface area contributed by atoms with E-state index in [9.17, 15) is 4.79 Å². The molecule has 1 aliphatic carbocycles. The highest BCUT2D eigenvalue weighted by Crippen LogP contribution is 2.29. The van der Waals surface area contributed by atoms with E-state index < -0.39 is 0 Å². The smallest absolute Gasteiger partial charge is 0.237 e. The van der Waals surface area contributed by atoms with Crippen molar-refractivity contribution in [3.63, 3.8) is 0 Å². The molecule has 0 spiro atoms. The molecule has 2 aromatic carbocycles. The molecule has 0 atom stereocenters. The first-order chi connectivity index (χ1) is 13.0. The van der Waals surface area contributed by atoms with E-state index >= 15 is 0 Å². The molecule has 0 radical (unpaired) electrons. The maximum atomic E-state index is 13.0. The molecule has 1 saturated carbocycles. The molecule has 4 heteroatoms. The molecule has 1 amide bonds. The number of ether oxygens (including phenoxy) is 1. The summed E-state index contributed by atoms with van der Waals surface area (Å²) in [6.45, 7) is 6.15. The van der Waals surface area contributed by atoms with Gasteiger partial charge in [-0.15, -0.1) is 0 Å². The zero-order chi connectivity index (χ0) is 19.4. The zero-order valence-corrected chi connectivity index (χ0v) is 16.9. The monoisotopic (exact) mass is 366 g/mol. The van der Waals surface area contributed by atoms with Gasteiger partial charge in [-0.25, -0.2) is 0 Å². The number of aryl methyl sites for hydroxylation is 2. The fourth-order valence-electron chi connectivity index (χ4n) is 3.43. The molecule has 1 aliphatic rings. The van der Waals surface area contributed by atoms with Crippen molar-refractivity contribution in [3.05, 3.63) is 64.7 Å². The van der Waals surface area contributed by atoms with Crippen LogP contribution in [0.25, 0.3) is 0 Å². The summed E-state index contributed by atoms with van der Waals surface area (Å²) in [6, 6.07) is 14.9. The molecule has 0 aliphatic heterocycles. The summed E-state index contributed by atoms with van der Waals surface area (Å²) >= 11 is 0. The number of carbonyl (C=O) groups excluding carboxylic acids is 1. The van der Waals surface area contributed by atoms with Gasteiger partial charge in [0.25, 0.3) is 0 Å². The van der Waals surface area contributed by atoms with Gasteiger partial charge in [0.2, 0.25) is 5.91 Å². The van der Waals surface area contributed by atoms with Crippen LogP contribution in [0.3, 0.4) is 0 Å². The van der Waals surface area contributed by atoms with Crippen LogP contribution in [0, 0.1) is 13.8 Å². The number of hydrogen-bond donors (Lipinski definition) is 0. The Hall–Kier alpha value is -2.33. The van der Waals surface area contributed by atoms with Gasteiger partial charge in [-0.3, -0.25) is 9.69 Å². The topological polar surface area (TPSA) is 32.8 Å². The number of amides is 1. The predicted octanol–water partition coefficient (Wildman–Crippen LogP) is 3.94. The summed E-state index contributed by atoms with van der Waals surface area (Å²) in [5.41, 5.74) is 4.98. The van der Waals surface area contributed by atoms with Gasteiger partial charge in [0.15, 0.2) is 0 Å². The minimum absolute atomic E-state index is 0.209. The second kappa shape index (κ2) is 8.57. The minimum Gasteiger partial charge on any atom is -0.497 e. The van der Waals surface area contributed by atoms with Gasteiger partial charge >= 0.3 is 0 Å². The van der Waals surface area contributed by atoms with Crippen LogP contribution in [-0.2, 0) is 17.9 Å². The van der Waals surface area contributed by atoms with Gasteiger partial charge in [0.05, 0.1) is 13.7 Å². The van der Waals surface area contributed by atoms with E-state index in [4.69, 9.17) is 4.74 Å². The summed E-state index contributed by atoms with van der Waals surface area (Å²) in [7, 11) is 3.69. The van der Waals surface area contributed by atoms with Gasteiger partial charge in [0, 0.05) is 19.1 Å². The van der Waals surface area contributed by atoms with Gasteiger partial charge < -0.3 is 9.64 Å². The number of methoxy groups -OCH3 is 1. The van der Waals surface area contributed by atoms with E-state index in [1.807, 2.05) is 36.2 Å². The first-order valence-electron chi connectivity index (χ1n) is 9.63. The van der Waals surface area contributed by atoms with Gasteiger partial charge in [-0.1, -0.05) is 35.9 Å². The number of benzene rings is 2. The Bertz CT molecular complexity index is 781. The molecule has 27 heavy (non-hydrogen) atoms. The van der Waals surface area contributed by atoms with Crippen molar-refractivity contribution in [2.24, 2.45) is 0 Å². The fourth-order valence-corrected chi connectivity index (χ4v) is 3.43. The number of nitrogens with zero attached hydrogens (tertiary/aromatic N) is 2. The zero-order valence-electron chi connectivity index (χ0n) is 16.9. The van der Waals surface area contributed by atoms with Gasteiger partial charge in [-0.2, -0.15) is 0 Å². The molecule has 0 heterocycles. The van der Waals surface area contributed by atoms with E-state index in [1.54, 1.807) is 7.11 Å². The number of likely N-dealkylation sites (N-methyl/N-ethyl adjacent to an activating group) is 1. The molecule has 2 aromatic rings. The molecule has 0 unspecified atom stereocenters. The van der Waals surface area contributed by atoms with Crippen molar-refractivity contribution < 1.29 is 9.53 Å². The average molecular weight is 367 g/mol. The quantitative estimate of drug-likeness (QED) is 0.709. The minimum atomic E-state index is 0.209. The summed E-state index contributed by atoms with van der Waals surface area (Å²) in [5, 5.41) is 0. The Labute approximate surface area is 162 Å². The van der Waals surface area contributed by atoms with E-state index in [0.717, 1.165) is 30.7 Å². The van der Waals surface area contributed by atoms with Crippen molar-refractivity contribution in [3.8, 4) is 5.75 Å². The number of hydrogen-bond acceptors (Lipinski definition) is 3. The van der Waals surface area contributed by atoms with Crippen LogP contribution in [0.15, 0.2) is 42.5 Å². The number of rotatable bonds is 8. The Kier molecular flexibility index (Phi) is 6.17. The summed E-state index contributed by atoms with van der Waals surface area (Å²) in [6.07, 6.45) is 2.23. The normalized spacial score (nSPS) is 13.7. The molecular formula is C23H30N2O2. The van der Waals surface area contributed by atoms with Crippen molar-refractivity contribution >= 4 is 5.91 Å². The van der Waals surface area contributed by atoms with Crippen LogP contribution < -0.4 is 4.74 Å². The molecule has 144 valence electrons. The molecule has 0 bridgehead atoms. The van der Waals surface area contributed by atoms with Crippen LogP contribution in [0.2, 0.25) is 0 Å². The van der Waals surface area contributed by atoms with Crippen LogP contribution in [0.1, 0.15) is 35.1 Å². The fraction of sp³-hybridized carbons (Fsp3) is 0.435. The van der Waals surface area contributed by atoms with E-state index in [-0.39, 0.29) is 5.91 Å². The molecule has 1 fully saturated rings. The molecule has 0 saturated heterocycles. The van der Waals surface area contributed by atoms with Gasteiger partial charge in [0.1, 0.15) is 5.75 Å². The predicted molar refractivity (Wildman–Crippen MR) is 109 cm³/mol. The standard InChI is InChI=1S/C23H30N2O2/c1-17-5-8-20(18(2)13-17)15-24(3)16-23(26)25(21-9-10-21)14-19-6-11-22(27-4)12-7-19/h5-8,11-13,21H,9-10,14-16H2,1-4H3. The van der Waals surface area contributed by atoms with E-state index in [1.165, 1.54) is 16.7 Å².